The minimum atomic E-state index is 0.385. The maximum atomic E-state index is 6.18. The molecule has 1 aromatic carbocycles. The molecule has 0 saturated carbocycles. The van der Waals surface area contributed by atoms with Crippen LogP contribution in [-0.2, 0) is 6.54 Å². The van der Waals surface area contributed by atoms with Gasteiger partial charge >= 0.3 is 0 Å². The van der Waals surface area contributed by atoms with Crippen molar-refractivity contribution in [1.82, 2.24) is 19.9 Å². The summed E-state index contributed by atoms with van der Waals surface area (Å²) >= 11 is 6.18. The van der Waals surface area contributed by atoms with Gasteiger partial charge in [0.1, 0.15) is 16.7 Å². The van der Waals surface area contributed by atoms with Gasteiger partial charge in [-0.3, -0.25) is 0 Å². The number of halogens is 1. The fourth-order valence-corrected chi connectivity index (χ4v) is 2.96. The Kier molecular flexibility index (Phi) is 4.07. The molecule has 0 spiro atoms. The normalized spacial score (nSPS) is 11.0. The van der Waals surface area contributed by atoms with E-state index in [0.717, 1.165) is 11.2 Å². The molecule has 4 aromatic rings. The minimum absolute atomic E-state index is 0.385. The van der Waals surface area contributed by atoms with Crippen molar-refractivity contribution in [2.75, 3.05) is 5.32 Å². The van der Waals surface area contributed by atoms with Crippen molar-refractivity contribution in [2.45, 2.75) is 13.5 Å². The number of benzene rings is 1. The Balaban J connectivity index is 1.62. The highest BCUT2D eigenvalue weighted by molar-refractivity contribution is 6.29. The lowest BCUT2D eigenvalue weighted by atomic mass is 10.1. The molecule has 2 N–H and O–H groups in total. The number of nitrogens with zero attached hydrogens (tertiary/aromatic N) is 3. The van der Waals surface area contributed by atoms with Gasteiger partial charge in [-0.1, -0.05) is 29.8 Å². The standard InChI is InChI=1S/C19H16ClN5/c1-12-4-2-7-16(23-12)19-24-17(20)10-18(25-19)22-11-13-5-3-6-15-14(13)8-9-21-15/h2-10,21H,11H2,1H3,(H,22,24,25). The summed E-state index contributed by atoms with van der Waals surface area (Å²) in [5.74, 6) is 1.18. The van der Waals surface area contributed by atoms with Crippen LogP contribution in [0.3, 0.4) is 0 Å². The summed E-state index contributed by atoms with van der Waals surface area (Å²) in [7, 11) is 0. The number of pyridine rings is 1. The summed E-state index contributed by atoms with van der Waals surface area (Å²) in [6.07, 6.45) is 1.94. The van der Waals surface area contributed by atoms with E-state index >= 15 is 0 Å². The smallest absolute Gasteiger partial charge is 0.181 e. The number of anilines is 1. The number of nitrogens with one attached hydrogen (secondary N) is 2. The lowest BCUT2D eigenvalue weighted by Crippen LogP contribution is -2.04. The Morgan fingerprint density at radius 2 is 1.92 bits per heavy atom. The van der Waals surface area contributed by atoms with Crippen LogP contribution in [0.25, 0.3) is 22.4 Å². The van der Waals surface area contributed by atoms with Crippen molar-refractivity contribution in [3.05, 3.63) is 71.1 Å². The Morgan fingerprint density at radius 1 is 1.04 bits per heavy atom. The zero-order valence-corrected chi connectivity index (χ0v) is 14.4. The van der Waals surface area contributed by atoms with E-state index < -0.39 is 0 Å². The second-order valence-electron chi connectivity index (χ2n) is 5.77. The number of hydrogen-bond acceptors (Lipinski definition) is 4. The molecule has 0 unspecified atom stereocenters. The monoisotopic (exact) mass is 349 g/mol. The topological polar surface area (TPSA) is 66.5 Å². The summed E-state index contributed by atoms with van der Waals surface area (Å²) in [6.45, 7) is 2.58. The highest BCUT2D eigenvalue weighted by Crippen LogP contribution is 2.21. The second-order valence-corrected chi connectivity index (χ2v) is 6.16. The predicted molar refractivity (Wildman–Crippen MR) is 101 cm³/mol. The van der Waals surface area contributed by atoms with Crippen LogP contribution in [0.1, 0.15) is 11.3 Å². The third-order valence-electron chi connectivity index (χ3n) is 3.96. The Morgan fingerprint density at radius 3 is 2.80 bits per heavy atom. The molecule has 3 aromatic heterocycles. The molecule has 0 amide bonds. The number of H-pyrrole nitrogens is 1. The zero-order valence-electron chi connectivity index (χ0n) is 13.6. The first-order chi connectivity index (χ1) is 12.2. The van der Waals surface area contributed by atoms with Crippen LogP contribution in [0.5, 0.6) is 0 Å². The van der Waals surface area contributed by atoms with Gasteiger partial charge in [-0.15, -0.1) is 0 Å². The van der Waals surface area contributed by atoms with Crippen LogP contribution in [0.4, 0.5) is 5.82 Å². The lowest BCUT2D eigenvalue weighted by Gasteiger charge is -2.09. The van der Waals surface area contributed by atoms with Crippen LogP contribution >= 0.6 is 11.6 Å². The largest absolute Gasteiger partial charge is 0.366 e. The molecule has 3 heterocycles. The average Bonchev–Trinajstić information content (AvgIpc) is 3.09. The molecule has 0 atom stereocenters. The zero-order chi connectivity index (χ0) is 17.2. The van der Waals surface area contributed by atoms with Gasteiger partial charge in [0, 0.05) is 35.4 Å². The van der Waals surface area contributed by atoms with Crippen molar-refractivity contribution in [2.24, 2.45) is 0 Å². The van der Waals surface area contributed by atoms with Crippen LogP contribution < -0.4 is 5.32 Å². The first kappa shape index (κ1) is 15.6. The molecule has 5 nitrogen and oxygen atoms in total. The maximum absolute atomic E-state index is 6.18. The van der Waals surface area contributed by atoms with Crippen LogP contribution in [-0.4, -0.2) is 19.9 Å². The van der Waals surface area contributed by atoms with Gasteiger partial charge in [0.05, 0.1) is 0 Å². The maximum Gasteiger partial charge on any atom is 0.181 e. The molecule has 0 saturated heterocycles. The Labute approximate surface area is 150 Å². The molecule has 0 fully saturated rings. The number of fused-ring (bicyclic) bond motifs is 1. The van der Waals surface area contributed by atoms with Crippen molar-refractivity contribution >= 4 is 28.3 Å². The molecule has 6 heteroatoms. The predicted octanol–water partition coefficient (Wildman–Crippen LogP) is 4.59. The van der Waals surface area contributed by atoms with Gasteiger partial charge in [0.25, 0.3) is 0 Å². The van der Waals surface area contributed by atoms with E-state index in [2.05, 4.69) is 43.5 Å². The van der Waals surface area contributed by atoms with Crippen LogP contribution in [0.2, 0.25) is 5.15 Å². The number of aryl methyl sites for hydroxylation is 1. The minimum Gasteiger partial charge on any atom is -0.366 e. The van der Waals surface area contributed by atoms with Gasteiger partial charge < -0.3 is 10.3 Å². The summed E-state index contributed by atoms with van der Waals surface area (Å²) < 4.78 is 0. The van der Waals surface area contributed by atoms with E-state index in [4.69, 9.17) is 11.6 Å². The molecule has 4 rings (SSSR count). The lowest BCUT2D eigenvalue weighted by molar-refractivity contribution is 1.07. The van der Waals surface area contributed by atoms with Crippen molar-refractivity contribution < 1.29 is 0 Å². The highest BCUT2D eigenvalue weighted by atomic mass is 35.5. The van der Waals surface area contributed by atoms with Gasteiger partial charge in [-0.2, -0.15) is 0 Å². The molecule has 0 aliphatic rings. The Hall–Kier alpha value is -2.92. The van der Waals surface area contributed by atoms with E-state index in [0.29, 0.717) is 29.0 Å². The number of aromatic nitrogens is 4. The highest BCUT2D eigenvalue weighted by Gasteiger charge is 2.08. The van der Waals surface area contributed by atoms with Crippen molar-refractivity contribution in [3.63, 3.8) is 0 Å². The molecule has 0 aliphatic carbocycles. The fraction of sp³-hybridized carbons (Fsp3) is 0.105. The third kappa shape index (κ3) is 3.32. The first-order valence-corrected chi connectivity index (χ1v) is 8.34. The van der Waals surface area contributed by atoms with Crippen LogP contribution in [0, 0.1) is 6.92 Å². The summed E-state index contributed by atoms with van der Waals surface area (Å²) in [4.78, 5) is 16.5. The van der Waals surface area contributed by atoms with Gasteiger partial charge in [0.15, 0.2) is 5.82 Å². The SMILES string of the molecule is Cc1cccc(-c2nc(Cl)cc(NCc3cccc4[nH]ccc34)n2)n1. The summed E-state index contributed by atoms with van der Waals surface area (Å²) in [6, 6.07) is 15.7. The summed E-state index contributed by atoms with van der Waals surface area (Å²) in [5, 5.41) is 4.91. The van der Waals surface area contributed by atoms with Gasteiger partial charge in [0.2, 0.25) is 0 Å². The molecular formula is C19H16ClN5. The Bertz CT molecular complexity index is 1040. The van der Waals surface area contributed by atoms with Gasteiger partial charge in [-0.25, -0.2) is 15.0 Å². The molecule has 0 bridgehead atoms. The number of rotatable bonds is 4. The van der Waals surface area contributed by atoms with E-state index in [9.17, 15) is 0 Å². The first-order valence-electron chi connectivity index (χ1n) is 7.96. The molecule has 124 valence electrons. The van der Waals surface area contributed by atoms with Crippen molar-refractivity contribution in [3.8, 4) is 11.5 Å². The number of hydrogen-bond donors (Lipinski definition) is 2. The quantitative estimate of drug-likeness (QED) is 0.529. The molecule has 0 aliphatic heterocycles. The molecule has 0 radical (unpaired) electrons. The summed E-state index contributed by atoms with van der Waals surface area (Å²) in [5.41, 5.74) is 3.92. The van der Waals surface area contributed by atoms with Crippen LogP contribution in [0.15, 0.2) is 54.7 Å². The van der Waals surface area contributed by atoms with Crippen molar-refractivity contribution in [1.29, 1.82) is 0 Å². The fourth-order valence-electron chi connectivity index (χ4n) is 2.78. The second kappa shape index (κ2) is 6.53. The third-order valence-corrected chi connectivity index (χ3v) is 4.15. The molecule has 25 heavy (non-hydrogen) atoms. The van der Waals surface area contributed by atoms with E-state index in [1.807, 2.05) is 37.4 Å². The number of aromatic amines is 1. The van der Waals surface area contributed by atoms with E-state index in [1.165, 1.54) is 10.9 Å². The van der Waals surface area contributed by atoms with E-state index in [-0.39, 0.29) is 0 Å². The molecular weight excluding hydrogens is 334 g/mol. The average molecular weight is 350 g/mol. The van der Waals surface area contributed by atoms with Gasteiger partial charge in [-0.05, 0) is 36.8 Å². The van der Waals surface area contributed by atoms with E-state index in [1.54, 1.807) is 6.07 Å².